The average molecular weight is 476 g/mol. The minimum Gasteiger partial charge on any atom is -0.486 e. The molecule has 2 atom stereocenters. The van der Waals surface area contributed by atoms with Gasteiger partial charge in [0.15, 0.2) is 6.26 Å². The number of benzene rings is 3. The summed E-state index contributed by atoms with van der Waals surface area (Å²) in [6.07, 6.45) is 2.12. The highest BCUT2D eigenvalue weighted by molar-refractivity contribution is 5.69. The number of ether oxygens (including phenoxy) is 4. The van der Waals surface area contributed by atoms with Crippen LogP contribution in [0.25, 0.3) is 0 Å². The summed E-state index contributed by atoms with van der Waals surface area (Å²) in [6, 6.07) is 27.2. The second kappa shape index (κ2) is 11.9. The van der Waals surface area contributed by atoms with Crippen molar-refractivity contribution in [3.05, 3.63) is 108 Å². The maximum atomic E-state index is 11.0. The van der Waals surface area contributed by atoms with Crippen LogP contribution < -0.4 is 9.47 Å². The van der Waals surface area contributed by atoms with Crippen molar-refractivity contribution in [2.75, 3.05) is 20.1 Å². The van der Waals surface area contributed by atoms with Crippen LogP contribution in [0.5, 0.6) is 11.5 Å². The predicted molar refractivity (Wildman–Crippen MR) is 131 cm³/mol. The number of rotatable bonds is 12. The first-order valence-electron chi connectivity index (χ1n) is 11.5. The summed E-state index contributed by atoms with van der Waals surface area (Å²) in [4.78, 5) is 12.7. The van der Waals surface area contributed by atoms with Gasteiger partial charge in [-0.1, -0.05) is 60.7 Å². The van der Waals surface area contributed by atoms with E-state index in [1.54, 1.807) is 11.9 Å². The first-order valence-corrected chi connectivity index (χ1v) is 11.5. The molecule has 3 aromatic rings. The fraction of sp³-hybridized carbons (Fsp3) is 0.250. The van der Waals surface area contributed by atoms with Gasteiger partial charge in [-0.25, -0.2) is 0 Å². The zero-order valence-corrected chi connectivity index (χ0v) is 19.6. The molecule has 1 N–H and O–H groups in total. The lowest BCUT2D eigenvalue weighted by Gasteiger charge is -2.22. The Morgan fingerprint density at radius 1 is 0.971 bits per heavy atom. The van der Waals surface area contributed by atoms with Crippen LogP contribution in [0.15, 0.2) is 97.1 Å². The van der Waals surface area contributed by atoms with E-state index in [0.717, 1.165) is 11.1 Å². The normalized spacial score (nSPS) is 15.6. The number of aliphatic carboxylic acids is 1. The monoisotopic (exact) mass is 475 g/mol. The van der Waals surface area contributed by atoms with E-state index >= 15 is 0 Å². The summed E-state index contributed by atoms with van der Waals surface area (Å²) in [6.45, 7) is 0.573. The van der Waals surface area contributed by atoms with Crippen molar-refractivity contribution in [3.63, 3.8) is 0 Å². The summed E-state index contributed by atoms with van der Waals surface area (Å²) in [5.41, 5.74) is 2.15. The Morgan fingerprint density at radius 2 is 1.63 bits per heavy atom. The van der Waals surface area contributed by atoms with Gasteiger partial charge in [-0.3, -0.25) is 9.69 Å². The molecule has 0 aromatic heterocycles. The minimum absolute atomic E-state index is 0.0125. The molecule has 1 aliphatic rings. The van der Waals surface area contributed by atoms with E-state index < -0.39 is 12.3 Å². The van der Waals surface area contributed by atoms with Gasteiger partial charge in [0.25, 0.3) is 0 Å². The molecule has 0 radical (unpaired) electrons. The molecule has 2 unspecified atom stereocenters. The predicted octanol–water partition coefficient (Wildman–Crippen LogP) is 5.01. The van der Waals surface area contributed by atoms with Crippen LogP contribution in [-0.2, 0) is 20.7 Å². The van der Waals surface area contributed by atoms with Crippen LogP contribution in [-0.4, -0.2) is 42.4 Å². The Kier molecular flexibility index (Phi) is 8.25. The van der Waals surface area contributed by atoms with E-state index in [4.69, 9.17) is 24.1 Å². The molecule has 3 aromatic carbocycles. The molecule has 7 heteroatoms. The van der Waals surface area contributed by atoms with Crippen LogP contribution in [0.3, 0.4) is 0 Å². The van der Waals surface area contributed by atoms with Gasteiger partial charge < -0.3 is 24.1 Å². The van der Waals surface area contributed by atoms with Gasteiger partial charge in [-0.2, -0.15) is 0 Å². The standard InChI is InChI=1S/C28H29NO6/c1-29(19-26(30)31)17-16-25(22-10-6-3-7-11-22)33-23-12-14-24(15-13-23)34-28-20-32-27(35-28)18-21-8-4-2-5-9-21/h2-15,20,25,27H,16-19H2,1H3,(H,30,31). The van der Waals surface area contributed by atoms with Gasteiger partial charge >= 0.3 is 11.9 Å². The minimum atomic E-state index is -0.849. The van der Waals surface area contributed by atoms with Crippen molar-refractivity contribution in [1.82, 2.24) is 4.90 Å². The number of carbonyl (C=O) groups is 1. The van der Waals surface area contributed by atoms with Crippen LogP contribution in [0.4, 0.5) is 0 Å². The van der Waals surface area contributed by atoms with Gasteiger partial charge in [0.05, 0.1) is 6.54 Å². The Balaban J connectivity index is 1.32. The van der Waals surface area contributed by atoms with E-state index in [0.29, 0.717) is 36.8 Å². The first kappa shape index (κ1) is 24.2. The molecular weight excluding hydrogens is 446 g/mol. The van der Waals surface area contributed by atoms with E-state index in [1.807, 2.05) is 84.9 Å². The molecule has 0 fully saturated rings. The Bertz CT molecular complexity index is 1100. The maximum absolute atomic E-state index is 11.0. The van der Waals surface area contributed by atoms with Crippen molar-refractivity contribution in [2.24, 2.45) is 0 Å². The van der Waals surface area contributed by atoms with Crippen molar-refractivity contribution in [1.29, 1.82) is 0 Å². The van der Waals surface area contributed by atoms with Gasteiger partial charge in [0.2, 0.25) is 6.29 Å². The van der Waals surface area contributed by atoms with E-state index in [2.05, 4.69) is 0 Å². The number of hydrogen-bond donors (Lipinski definition) is 1. The lowest BCUT2D eigenvalue weighted by atomic mass is 10.1. The summed E-state index contributed by atoms with van der Waals surface area (Å²) < 4.78 is 23.4. The molecule has 0 bridgehead atoms. The van der Waals surface area contributed by atoms with E-state index in [-0.39, 0.29) is 12.6 Å². The number of hydrogen-bond acceptors (Lipinski definition) is 6. The molecule has 1 aliphatic heterocycles. The molecule has 0 amide bonds. The van der Waals surface area contributed by atoms with Gasteiger partial charge in [0, 0.05) is 19.4 Å². The Morgan fingerprint density at radius 3 is 2.31 bits per heavy atom. The van der Waals surface area contributed by atoms with E-state index in [9.17, 15) is 4.79 Å². The Labute approximate surface area is 205 Å². The van der Waals surface area contributed by atoms with Crippen LogP contribution >= 0.6 is 0 Å². The largest absolute Gasteiger partial charge is 0.486 e. The van der Waals surface area contributed by atoms with Crippen LogP contribution in [0.2, 0.25) is 0 Å². The Hall–Kier alpha value is -3.97. The average Bonchev–Trinajstić information content (AvgIpc) is 3.30. The molecule has 0 spiro atoms. The van der Waals surface area contributed by atoms with Crippen LogP contribution in [0.1, 0.15) is 23.7 Å². The maximum Gasteiger partial charge on any atom is 0.324 e. The molecule has 182 valence electrons. The number of likely N-dealkylation sites (N-methyl/N-ethyl adjacent to an activating group) is 1. The van der Waals surface area contributed by atoms with Crippen molar-refractivity contribution < 1.29 is 28.8 Å². The third-order valence-electron chi connectivity index (χ3n) is 5.48. The molecule has 0 aliphatic carbocycles. The molecule has 4 rings (SSSR count). The number of carboxylic acids is 1. The fourth-order valence-corrected chi connectivity index (χ4v) is 3.74. The summed E-state index contributed by atoms with van der Waals surface area (Å²) in [5, 5.41) is 9.00. The van der Waals surface area contributed by atoms with Gasteiger partial charge in [-0.05, 0) is 42.4 Å². The van der Waals surface area contributed by atoms with Gasteiger partial charge in [-0.15, -0.1) is 0 Å². The SMILES string of the molecule is CN(CCC(Oc1ccc(OC2=COC(Cc3ccccc3)O2)cc1)c1ccccc1)CC(=O)O. The summed E-state index contributed by atoms with van der Waals surface area (Å²) in [5.74, 6) is 0.748. The number of nitrogens with zero attached hydrogens (tertiary/aromatic N) is 1. The third kappa shape index (κ3) is 7.52. The molecular formula is C28H29NO6. The smallest absolute Gasteiger partial charge is 0.324 e. The lowest BCUT2D eigenvalue weighted by Crippen LogP contribution is -2.28. The second-order valence-electron chi connectivity index (χ2n) is 8.32. The highest BCUT2D eigenvalue weighted by Crippen LogP contribution is 2.28. The molecule has 35 heavy (non-hydrogen) atoms. The van der Waals surface area contributed by atoms with Crippen molar-refractivity contribution in [3.8, 4) is 11.5 Å². The lowest BCUT2D eigenvalue weighted by molar-refractivity contribution is -0.138. The second-order valence-corrected chi connectivity index (χ2v) is 8.32. The molecule has 0 saturated heterocycles. The quantitative estimate of drug-likeness (QED) is 0.395. The fourth-order valence-electron chi connectivity index (χ4n) is 3.74. The summed E-state index contributed by atoms with van der Waals surface area (Å²) >= 11 is 0. The summed E-state index contributed by atoms with van der Waals surface area (Å²) in [7, 11) is 1.79. The third-order valence-corrected chi connectivity index (χ3v) is 5.48. The molecule has 1 heterocycles. The van der Waals surface area contributed by atoms with Crippen molar-refractivity contribution >= 4 is 5.97 Å². The zero-order valence-electron chi connectivity index (χ0n) is 19.6. The van der Waals surface area contributed by atoms with Crippen molar-refractivity contribution in [2.45, 2.75) is 25.2 Å². The zero-order chi connectivity index (χ0) is 24.5. The highest BCUT2D eigenvalue weighted by atomic mass is 16.8. The number of carboxylic acid groups (broad SMARTS) is 1. The molecule has 7 nitrogen and oxygen atoms in total. The van der Waals surface area contributed by atoms with Crippen LogP contribution in [0, 0.1) is 0 Å². The highest BCUT2D eigenvalue weighted by Gasteiger charge is 2.22. The topological polar surface area (TPSA) is 77.5 Å². The van der Waals surface area contributed by atoms with Gasteiger partial charge in [0.1, 0.15) is 17.6 Å². The molecule has 0 saturated carbocycles. The first-order chi connectivity index (χ1) is 17.0. The van der Waals surface area contributed by atoms with E-state index in [1.165, 1.54) is 6.26 Å².